The fraction of sp³-hybridized carbons (Fsp3) is 0.308. The summed E-state index contributed by atoms with van der Waals surface area (Å²) in [5.74, 6) is 0.578. The molecule has 3 heteroatoms. The Kier molecular flexibility index (Phi) is 2.69. The Morgan fingerprint density at radius 3 is 2.75 bits per heavy atom. The molecule has 0 bridgehead atoms. The van der Waals surface area contributed by atoms with Crippen LogP contribution in [-0.4, -0.2) is 5.11 Å². The Labute approximate surface area is 93.3 Å². The van der Waals surface area contributed by atoms with Crippen LogP contribution in [0.25, 0.3) is 11.0 Å². The lowest BCUT2D eigenvalue weighted by molar-refractivity contribution is 0.475. The zero-order chi connectivity index (χ0) is 11.7. The van der Waals surface area contributed by atoms with Gasteiger partial charge in [0.2, 0.25) is 0 Å². The summed E-state index contributed by atoms with van der Waals surface area (Å²) >= 11 is 0. The Morgan fingerprint density at radius 2 is 2.06 bits per heavy atom. The first-order valence-corrected chi connectivity index (χ1v) is 5.32. The van der Waals surface area contributed by atoms with E-state index in [1.54, 1.807) is 18.2 Å². The van der Waals surface area contributed by atoms with Crippen molar-refractivity contribution in [1.82, 2.24) is 0 Å². The molecule has 0 saturated carbocycles. The Bertz CT molecular complexity index is 567. The molecule has 0 amide bonds. The lowest BCUT2D eigenvalue weighted by Crippen LogP contribution is -2.09. The van der Waals surface area contributed by atoms with Crippen LogP contribution in [0.4, 0.5) is 0 Å². The highest BCUT2D eigenvalue weighted by molar-refractivity contribution is 5.78. The second-order valence-corrected chi connectivity index (χ2v) is 4.38. The van der Waals surface area contributed by atoms with Crippen molar-refractivity contribution in [1.29, 1.82) is 0 Å². The van der Waals surface area contributed by atoms with Gasteiger partial charge in [-0.3, -0.25) is 0 Å². The van der Waals surface area contributed by atoms with Gasteiger partial charge in [-0.05, 0) is 36.6 Å². The van der Waals surface area contributed by atoms with E-state index >= 15 is 0 Å². The molecule has 1 heterocycles. The second kappa shape index (κ2) is 4.00. The molecular formula is C13H14O3. The van der Waals surface area contributed by atoms with E-state index in [1.807, 2.05) is 13.8 Å². The first-order valence-electron chi connectivity index (χ1n) is 5.32. The van der Waals surface area contributed by atoms with Crippen LogP contribution in [0.3, 0.4) is 0 Å². The van der Waals surface area contributed by atoms with Gasteiger partial charge in [-0.25, -0.2) is 4.79 Å². The third-order valence-corrected chi connectivity index (χ3v) is 2.42. The Morgan fingerprint density at radius 1 is 1.31 bits per heavy atom. The van der Waals surface area contributed by atoms with Crippen molar-refractivity contribution in [3.63, 3.8) is 0 Å². The molecule has 0 radical (unpaired) electrons. The molecule has 0 spiro atoms. The lowest BCUT2D eigenvalue weighted by Gasteiger charge is -2.04. The molecule has 84 valence electrons. The van der Waals surface area contributed by atoms with Gasteiger partial charge in [0.05, 0.1) is 0 Å². The van der Waals surface area contributed by atoms with E-state index in [9.17, 15) is 9.90 Å². The van der Waals surface area contributed by atoms with Crippen molar-refractivity contribution in [3.05, 3.63) is 40.2 Å². The molecule has 0 atom stereocenters. The Hall–Kier alpha value is -1.77. The van der Waals surface area contributed by atoms with Crippen LogP contribution in [0.1, 0.15) is 19.4 Å². The van der Waals surface area contributed by atoms with Gasteiger partial charge >= 0.3 is 5.63 Å². The van der Waals surface area contributed by atoms with Crippen molar-refractivity contribution >= 4 is 11.0 Å². The molecule has 0 unspecified atom stereocenters. The van der Waals surface area contributed by atoms with Gasteiger partial charge in [0, 0.05) is 10.9 Å². The molecule has 2 rings (SSSR count). The summed E-state index contributed by atoms with van der Waals surface area (Å²) in [6.07, 6.45) is 0.688. The smallest absolute Gasteiger partial charge is 0.339 e. The van der Waals surface area contributed by atoms with E-state index < -0.39 is 0 Å². The predicted molar refractivity (Wildman–Crippen MR) is 62.7 cm³/mol. The van der Waals surface area contributed by atoms with Crippen molar-refractivity contribution < 1.29 is 9.52 Å². The van der Waals surface area contributed by atoms with Crippen molar-refractivity contribution in [2.45, 2.75) is 20.3 Å². The van der Waals surface area contributed by atoms with Crippen LogP contribution in [0.15, 0.2) is 33.5 Å². The first-order chi connectivity index (χ1) is 7.56. The van der Waals surface area contributed by atoms with E-state index in [1.165, 1.54) is 6.07 Å². The minimum absolute atomic E-state index is 0.178. The summed E-state index contributed by atoms with van der Waals surface area (Å²) in [7, 11) is 0. The van der Waals surface area contributed by atoms with Gasteiger partial charge in [0.25, 0.3) is 0 Å². The van der Waals surface area contributed by atoms with Crippen molar-refractivity contribution in [3.8, 4) is 5.75 Å². The number of phenolic OH excluding ortho intramolecular Hbond substituents is 1. The maximum atomic E-state index is 11.6. The fourth-order valence-electron chi connectivity index (χ4n) is 1.74. The Balaban J connectivity index is 2.60. The highest BCUT2D eigenvalue weighted by Crippen LogP contribution is 2.20. The monoisotopic (exact) mass is 218 g/mol. The predicted octanol–water partition coefficient (Wildman–Crippen LogP) is 2.70. The number of benzene rings is 1. The van der Waals surface area contributed by atoms with Crippen molar-refractivity contribution in [2.75, 3.05) is 0 Å². The largest absolute Gasteiger partial charge is 0.508 e. The molecule has 0 fully saturated rings. The number of phenols is 1. The van der Waals surface area contributed by atoms with Crippen LogP contribution in [0.2, 0.25) is 0 Å². The summed E-state index contributed by atoms with van der Waals surface area (Å²) in [6.45, 7) is 4.10. The normalized spacial score (nSPS) is 11.2. The first kappa shape index (κ1) is 10.7. The lowest BCUT2D eigenvalue weighted by atomic mass is 10.0. The molecule has 16 heavy (non-hydrogen) atoms. The van der Waals surface area contributed by atoms with Crippen LogP contribution in [0.5, 0.6) is 5.75 Å². The number of aromatic hydroxyl groups is 1. The minimum Gasteiger partial charge on any atom is -0.508 e. The highest BCUT2D eigenvalue weighted by atomic mass is 16.4. The molecule has 0 aliphatic heterocycles. The van der Waals surface area contributed by atoms with Gasteiger partial charge in [0.1, 0.15) is 11.3 Å². The summed E-state index contributed by atoms with van der Waals surface area (Å²) in [5.41, 5.74) is 0.885. The van der Waals surface area contributed by atoms with Gasteiger partial charge in [-0.2, -0.15) is 0 Å². The summed E-state index contributed by atoms with van der Waals surface area (Å²) < 4.78 is 5.18. The molecule has 1 N–H and O–H groups in total. The van der Waals surface area contributed by atoms with Crippen LogP contribution < -0.4 is 5.63 Å². The average molecular weight is 218 g/mol. The average Bonchev–Trinajstić information content (AvgIpc) is 2.19. The van der Waals surface area contributed by atoms with Crippen LogP contribution in [-0.2, 0) is 6.42 Å². The quantitative estimate of drug-likeness (QED) is 0.788. The van der Waals surface area contributed by atoms with Crippen LogP contribution >= 0.6 is 0 Å². The third kappa shape index (κ3) is 2.08. The zero-order valence-corrected chi connectivity index (χ0v) is 9.36. The van der Waals surface area contributed by atoms with Crippen LogP contribution in [0, 0.1) is 5.92 Å². The molecule has 1 aromatic carbocycles. The number of rotatable bonds is 2. The van der Waals surface area contributed by atoms with E-state index in [4.69, 9.17) is 4.42 Å². The summed E-state index contributed by atoms with van der Waals surface area (Å²) in [4.78, 5) is 11.6. The molecule has 1 aromatic heterocycles. The maximum Gasteiger partial charge on any atom is 0.339 e. The SMILES string of the molecule is CC(C)Cc1cc2cc(O)ccc2oc1=O. The number of hydrogen-bond acceptors (Lipinski definition) is 3. The fourth-order valence-corrected chi connectivity index (χ4v) is 1.74. The maximum absolute atomic E-state index is 11.6. The summed E-state index contributed by atoms with van der Waals surface area (Å²) in [6, 6.07) is 6.50. The minimum atomic E-state index is -0.285. The molecule has 0 aliphatic rings. The standard InChI is InChI=1S/C13H14O3/c1-8(2)5-10-6-9-7-11(14)3-4-12(9)16-13(10)15/h3-4,6-8,14H,5H2,1-2H3. The van der Waals surface area contributed by atoms with E-state index in [0.29, 0.717) is 23.5 Å². The van der Waals surface area contributed by atoms with E-state index in [2.05, 4.69) is 0 Å². The van der Waals surface area contributed by atoms with E-state index in [0.717, 1.165) is 5.39 Å². The third-order valence-electron chi connectivity index (χ3n) is 2.42. The van der Waals surface area contributed by atoms with Crippen molar-refractivity contribution in [2.24, 2.45) is 5.92 Å². The highest BCUT2D eigenvalue weighted by Gasteiger charge is 2.07. The number of hydrogen-bond donors (Lipinski definition) is 1. The van der Waals surface area contributed by atoms with Gasteiger partial charge in [0.15, 0.2) is 0 Å². The molecule has 3 nitrogen and oxygen atoms in total. The van der Waals surface area contributed by atoms with Gasteiger partial charge < -0.3 is 9.52 Å². The second-order valence-electron chi connectivity index (χ2n) is 4.38. The number of fused-ring (bicyclic) bond motifs is 1. The van der Waals surface area contributed by atoms with E-state index in [-0.39, 0.29) is 11.4 Å². The molecule has 2 aromatic rings. The van der Waals surface area contributed by atoms with Gasteiger partial charge in [-0.15, -0.1) is 0 Å². The molecule has 0 saturated heterocycles. The van der Waals surface area contributed by atoms with Gasteiger partial charge in [-0.1, -0.05) is 13.8 Å². The zero-order valence-electron chi connectivity index (χ0n) is 9.36. The summed E-state index contributed by atoms with van der Waals surface area (Å²) in [5, 5.41) is 10.1. The topological polar surface area (TPSA) is 50.4 Å². The molecular weight excluding hydrogens is 204 g/mol. The molecule has 0 aliphatic carbocycles.